The largest absolute Gasteiger partial charge is 0.496 e. The lowest BCUT2D eigenvalue weighted by molar-refractivity contribution is 0.181. The number of pyridine rings is 1. The first-order valence-corrected chi connectivity index (χ1v) is 10.6. The molecular formula is C25H23N5O3. The third-order valence-corrected chi connectivity index (χ3v) is 5.68. The Morgan fingerprint density at radius 3 is 2.52 bits per heavy atom. The second-order valence-electron chi connectivity index (χ2n) is 7.67. The highest BCUT2D eigenvalue weighted by Crippen LogP contribution is 2.29. The molecule has 0 saturated carbocycles. The molecule has 2 aromatic carbocycles. The van der Waals surface area contributed by atoms with E-state index in [1.807, 2.05) is 60.7 Å². The molecular weight excluding hydrogens is 418 g/mol. The van der Waals surface area contributed by atoms with Gasteiger partial charge in [0.05, 0.1) is 25.0 Å². The monoisotopic (exact) mass is 441 g/mol. The van der Waals surface area contributed by atoms with Gasteiger partial charge in [0.2, 0.25) is 0 Å². The third kappa shape index (κ3) is 3.74. The number of rotatable bonds is 7. The van der Waals surface area contributed by atoms with Crippen molar-refractivity contribution in [1.29, 1.82) is 0 Å². The van der Waals surface area contributed by atoms with Crippen LogP contribution in [0.25, 0.3) is 27.8 Å². The molecule has 0 aliphatic rings. The number of para-hydroxylation sites is 1. The summed E-state index contributed by atoms with van der Waals surface area (Å²) < 4.78 is 14.1. The molecule has 0 atom stereocenters. The third-order valence-electron chi connectivity index (χ3n) is 5.68. The Morgan fingerprint density at radius 2 is 1.73 bits per heavy atom. The zero-order chi connectivity index (χ0) is 22.8. The minimum absolute atomic E-state index is 0.207. The Morgan fingerprint density at radius 1 is 0.939 bits per heavy atom. The van der Waals surface area contributed by atoms with Gasteiger partial charge in [-0.1, -0.05) is 48.5 Å². The molecule has 0 radical (unpaired) electrons. The first-order valence-electron chi connectivity index (χ1n) is 10.6. The molecule has 8 nitrogen and oxygen atoms in total. The van der Waals surface area contributed by atoms with Gasteiger partial charge in [0.15, 0.2) is 11.2 Å². The summed E-state index contributed by atoms with van der Waals surface area (Å²) in [6, 6.07) is 19.5. The summed E-state index contributed by atoms with van der Waals surface area (Å²) in [4.78, 5) is 13.2. The molecule has 166 valence electrons. The number of ether oxygens (including phenoxy) is 2. The number of aryl methyl sites for hydroxylation is 2. The van der Waals surface area contributed by atoms with E-state index < -0.39 is 0 Å². The molecule has 0 saturated heterocycles. The first kappa shape index (κ1) is 20.8. The van der Waals surface area contributed by atoms with Crippen molar-refractivity contribution in [2.75, 3.05) is 14.2 Å². The number of nitrogens with zero attached hydrogens (tertiary/aromatic N) is 5. The lowest BCUT2D eigenvalue weighted by Crippen LogP contribution is -2.22. The van der Waals surface area contributed by atoms with E-state index in [9.17, 15) is 4.79 Å². The predicted molar refractivity (Wildman–Crippen MR) is 125 cm³/mol. The van der Waals surface area contributed by atoms with Crippen LogP contribution in [0.3, 0.4) is 0 Å². The summed E-state index contributed by atoms with van der Waals surface area (Å²) in [6.45, 7) is 0.823. The van der Waals surface area contributed by atoms with Crippen LogP contribution in [0.15, 0.2) is 71.7 Å². The zero-order valence-electron chi connectivity index (χ0n) is 18.4. The molecule has 3 heterocycles. The van der Waals surface area contributed by atoms with E-state index in [1.165, 1.54) is 0 Å². The highest BCUT2D eigenvalue weighted by Gasteiger charge is 2.19. The average molecular weight is 441 g/mol. The van der Waals surface area contributed by atoms with Crippen LogP contribution in [0.5, 0.6) is 5.75 Å². The van der Waals surface area contributed by atoms with Crippen molar-refractivity contribution in [2.45, 2.75) is 19.6 Å². The average Bonchev–Trinajstić information content (AvgIpc) is 3.23. The number of hydrogen-bond donors (Lipinski definition) is 0. The van der Waals surface area contributed by atoms with E-state index in [4.69, 9.17) is 14.6 Å². The minimum Gasteiger partial charge on any atom is -0.496 e. The van der Waals surface area contributed by atoms with E-state index in [0.717, 1.165) is 28.1 Å². The lowest BCUT2D eigenvalue weighted by atomic mass is 10.1. The second-order valence-corrected chi connectivity index (χ2v) is 7.67. The molecule has 5 rings (SSSR count). The summed E-state index contributed by atoms with van der Waals surface area (Å²) in [5.41, 5.74) is 4.87. The maximum atomic E-state index is 13.2. The highest BCUT2D eigenvalue weighted by atomic mass is 16.5. The van der Waals surface area contributed by atoms with Crippen molar-refractivity contribution in [1.82, 2.24) is 24.4 Å². The molecule has 0 aliphatic carbocycles. The number of hydrogen-bond acceptors (Lipinski definition) is 6. The maximum Gasteiger partial charge on any atom is 0.280 e. The van der Waals surface area contributed by atoms with Gasteiger partial charge in [0.25, 0.3) is 5.56 Å². The van der Waals surface area contributed by atoms with Gasteiger partial charge in [0.1, 0.15) is 11.3 Å². The predicted octanol–water partition coefficient (Wildman–Crippen LogP) is 3.50. The molecule has 3 aromatic heterocycles. The Hall–Kier alpha value is -4.04. The van der Waals surface area contributed by atoms with Crippen LogP contribution in [-0.4, -0.2) is 38.6 Å². The summed E-state index contributed by atoms with van der Waals surface area (Å²) >= 11 is 0. The van der Waals surface area contributed by atoms with Crippen LogP contribution >= 0.6 is 0 Å². The van der Waals surface area contributed by atoms with Crippen molar-refractivity contribution < 1.29 is 9.47 Å². The standard InChI is InChI=1S/C25H23N5O3/c1-32-16-19-22(18-9-4-3-5-10-18)24-27-26-23-20(30(24)28-19)13-15-29(25(23)31)14-12-17-8-6-7-11-21(17)33-2/h3-11,13,15H,12,14,16H2,1-2H3. The van der Waals surface area contributed by atoms with Gasteiger partial charge in [-0.3, -0.25) is 4.79 Å². The van der Waals surface area contributed by atoms with Gasteiger partial charge in [0, 0.05) is 19.9 Å². The minimum atomic E-state index is -0.207. The van der Waals surface area contributed by atoms with Gasteiger partial charge >= 0.3 is 0 Å². The smallest absolute Gasteiger partial charge is 0.280 e. The van der Waals surface area contributed by atoms with Crippen molar-refractivity contribution in [3.05, 3.63) is 88.5 Å². The van der Waals surface area contributed by atoms with E-state index in [2.05, 4.69) is 10.2 Å². The van der Waals surface area contributed by atoms with Crippen molar-refractivity contribution in [3.8, 4) is 16.9 Å². The fourth-order valence-corrected chi connectivity index (χ4v) is 4.09. The van der Waals surface area contributed by atoms with Crippen molar-refractivity contribution in [2.24, 2.45) is 0 Å². The molecule has 5 aromatic rings. The Kier molecular flexibility index (Phi) is 5.58. The first-order chi connectivity index (χ1) is 16.2. The maximum absolute atomic E-state index is 13.2. The summed E-state index contributed by atoms with van der Waals surface area (Å²) in [6.07, 6.45) is 2.43. The Balaban J connectivity index is 1.59. The van der Waals surface area contributed by atoms with Gasteiger partial charge in [-0.15, -0.1) is 10.2 Å². The van der Waals surface area contributed by atoms with Crippen LogP contribution in [0, 0.1) is 0 Å². The molecule has 0 fully saturated rings. The van der Waals surface area contributed by atoms with Crippen molar-refractivity contribution in [3.63, 3.8) is 0 Å². The van der Waals surface area contributed by atoms with Crippen LogP contribution in [-0.2, 0) is 24.3 Å². The molecule has 0 aliphatic heterocycles. The molecule has 33 heavy (non-hydrogen) atoms. The molecule has 0 amide bonds. The van der Waals surface area contributed by atoms with Crippen LogP contribution in [0.4, 0.5) is 0 Å². The van der Waals surface area contributed by atoms with E-state index in [1.54, 1.807) is 29.5 Å². The van der Waals surface area contributed by atoms with Gasteiger partial charge in [-0.2, -0.15) is 5.10 Å². The lowest BCUT2D eigenvalue weighted by Gasteiger charge is -2.10. The fraction of sp³-hybridized carbons (Fsp3) is 0.200. The Labute approximate surface area is 190 Å². The normalized spacial score (nSPS) is 11.3. The quantitative estimate of drug-likeness (QED) is 0.384. The molecule has 0 N–H and O–H groups in total. The van der Waals surface area contributed by atoms with Crippen LogP contribution < -0.4 is 10.3 Å². The number of benzene rings is 2. The fourth-order valence-electron chi connectivity index (χ4n) is 4.09. The SMILES string of the molecule is COCc1nn2c(nnc3c(=O)n(CCc4ccccc4OC)ccc32)c1-c1ccccc1. The van der Waals surface area contributed by atoms with E-state index in [0.29, 0.717) is 30.7 Å². The highest BCUT2D eigenvalue weighted by molar-refractivity contribution is 5.84. The van der Waals surface area contributed by atoms with Crippen LogP contribution in [0.2, 0.25) is 0 Å². The second kappa shape index (κ2) is 8.84. The van der Waals surface area contributed by atoms with E-state index >= 15 is 0 Å². The summed E-state index contributed by atoms with van der Waals surface area (Å²) in [5.74, 6) is 0.809. The number of aromatic nitrogens is 5. The number of methoxy groups -OCH3 is 2. The molecule has 0 bridgehead atoms. The Bertz CT molecular complexity index is 1490. The summed E-state index contributed by atoms with van der Waals surface area (Å²) in [7, 11) is 3.27. The molecule has 8 heteroatoms. The van der Waals surface area contributed by atoms with Gasteiger partial charge in [-0.25, -0.2) is 4.52 Å². The van der Waals surface area contributed by atoms with Gasteiger partial charge < -0.3 is 14.0 Å². The zero-order valence-corrected chi connectivity index (χ0v) is 18.4. The molecule has 0 spiro atoms. The topological polar surface area (TPSA) is 83.5 Å². The van der Waals surface area contributed by atoms with E-state index in [-0.39, 0.29) is 11.1 Å². The van der Waals surface area contributed by atoms with Crippen LogP contribution in [0.1, 0.15) is 11.3 Å². The number of fused-ring (bicyclic) bond motifs is 3. The van der Waals surface area contributed by atoms with Crippen molar-refractivity contribution >= 4 is 16.7 Å². The summed E-state index contributed by atoms with van der Waals surface area (Å²) in [5, 5.41) is 13.4. The molecule has 0 unspecified atom stereocenters. The van der Waals surface area contributed by atoms with Gasteiger partial charge in [-0.05, 0) is 29.7 Å².